The van der Waals surface area contributed by atoms with Crippen molar-refractivity contribution >= 4 is 0 Å². The smallest absolute Gasteiger partial charge is 0.389 e. The molecule has 0 aromatic rings. The highest BCUT2D eigenvalue weighted by Gasteiger charge is 2.30. The summed E-state index contributed by atoms with van der Waals surface area (Å²) in [6.45, 7) is 0.175. The molecule has 0 bridgehead atoms. The molecule has 2 nitrogen and oxygen atoms in total. The van der Waals surface area contributed by atoms with Crippen molar-refractivity contribution in [2.75, 3.05) is 13.1 Å². The van der Waals surface area contributed by atoms with Gasteiger partial charge >= 0.3 is 6.18 Å². The fourth-order valence-electron chi connectivity index (χ4n) is 1.94. The van der Waals surface area contributed by atoms with Gasteiger partial charge in [-0.2, -0.15) is 13.2 Å². The molecule has 0 atom stereocenters. The topological polar surface area (TPSA) is 32.3 Å². The summed E-state index contributed by atoms with van der Waals surface area (Å²) in [6.07, 6.45) is -0.483. The minimum Gasteiger partial charge on any atom is -0.389 e. The number of hydrogen-bond acceptors (Lipinski definition) is 2. The molecule has 1 aliphatic rings. The van der Waals surface area contributed by atoms with E-state index in [9.17, 15) is 18.3 Å². The molecule has 1 fully saturated rings. The van der Waals surface area contributed by atoms with Crippen molar-refractivity contribution in [3.63, 3.8) is 0 Å². The van der Waals surface area contributed by atoms with Crippen molar-refractivity contribution in [1.82, 2.24) is 5.32 Å². The Morgan fingerprint density at radius 3 is 2.27 bits per heavy atom. The standard InChI is InChI=1S/C10H18F3NO/c11-10(12,13)6-7-14-8-9(15)4-2-1-3-5-9/h14-15H,1-8H2. The van der Waals surface area contributed by atoms with Crippen LogP contribution in [-0.2, 0) is 0 Å². The zero-order chi connectivity index (χ0) is 11.4. The molecule has 0 heterocycles. The number of nitrogens with one attached hydrogen (secondary N) is 1. The van der Waals surface area contributed by atoms with E-state index in [4.69, 9.17) is 0 Å². The van der Waals surface area contributed by atoms with E-state index in [-0.39, 0.29) is 13.1 Å². The first kappa shape index (κ1) is 12.8. The number of hydrogen-bond donors (Lipinski definition) is 2. The van der Waals surface area contributed by atoms with Crippen LogP contribution in [0.3, 0.4) is 0 Å². The minimum atomic E-state index is -4.11. The predicted molar refractivity (Wildman–Crippen MR) is 51.6 cm³/mol. The highest BCUT2D eigenvalue weighted by molar-refractivity contribution is 4.84. The van der Waals surface area contributed by atoms with Crippen LogP contribution in [0, 0.1) is 0 Å². The summed E-state index contributed by atoms with van der Waals surface area (Å²) in [4.78, 5) is 0. The predicted octanol–water partition coefficient (Wildman–Crippen LogP) is 2.22. The molecule has 0 amide bonds. The summed E-state index contributed by atoms with van der Waals surface area (Å²) in [7, 11) is 0. The molecule has 90 valence electrons. The van der Waals surface area contributed by atoms with Gasteiger partial charge in [0.1, 0.15) is 0 Å². The fraction of sp³-hybridized carbons (Fsp3) is 1.00. The minimum absolute atomic E-state index is 0.105. The Hall–Kier alpha value is -0.290. The summed E-state index contributed by atoms with van der Waals surface area (Å²) < 4.78 is 35.4. The highest BCUT2D eigenvalue weighted by atomic mass is 19.4. The highest BCUT2D eigenvalue weighted by Crippen LogP contribution is 2.27. The van der Waals surface area contributed by atoms with Crippen molar-refractivity contribution < 1.29 is 18.3 Å². The molecule has 0 unspecified atom stereocenters. The Labute approximate surface area is 87.9 Å². The average Bonchev–Trinajstić information content (AvgIpc) is 2.12. The van der Waals surface area contributed by atoms with Crippen molar-refractivity contribution in [3.8, 4) is 0 Å². The van der Waals surface area contributed by atoms with Crippen LogP contribution in [-0.4, -0.2) is 30.0 Å². The van der Waals surface area contributed by atoms with E-state index in [0.717, 1.165) is 19.3 Å². The van der Waals surface area contributed by atoms with Gasteiger partial charge in [-0.3, -0.25) is 0 Å². The lowest BCUT2D eigenvalue weighted by Gasteiger charge is -2.32. The Morgan fingerprint density at radius 2 is 1.73 bits per heavy atom. The molecule has 15 heavy (non-hydrogen) atoms. The first-order valence-electron chi connectivity index (χ1n) is 5.41. The maximum Gasteiger partial charge on any atom is 0.390 e. The quantitative estimate of drug-likeness (QED) is 0.719. The number of aliphatic hydroxyl groups is 1. The molecule has 0 radical (unpaired) electrons. The molecule has 0 aromatic heterocycles. The van der Waals surface area contributed by atoms with Gasteiger partial charge in [-0.05, 0) is 12.8 Å². The van der Waals surface area contributed by atoms with E-state index in [1.807, 2.05) is 0 Å². The second-order valence-corrected chi connectivity index (χ2v) is 4.33. The maximum absolute atomic E-state index is 11.8. The zero-order valence-corrected chi connectivity index (χ0v) is 8.74. The Kier molecular flexibility index (Phi) is 4.40. The zero-order valence-electron chi connectivity index (χ0n) is 8.74. The van der Waals surface area contributed by atoms with Crippen LogP contribution in [0.25, 0.3) is 0 Å². The first-order valence-corrected chi connectivity index (χ1v) is 5.41. The average molecular weight is 225 g/mol. The SMILES string of the molecule is OC1(CNCCC(F)(F)F)CCCCC1. The van der Waals surface area contributed by atoms with E-state index in [1.165, 1.54) is 0 Å². The van der Waals surface area contributed by atoms with Crippen LogP contribution >= 0.6 is 0 Å². The summed E-state index contributed by atoms with van der Waals surface area (Å²) in [6, 6.07) is 0. The van der Waals surface area contributed by atoms with Gasteiger partial charge in [0.05, 0.1) is 12.0 Å². The van der Waals surface area contributed by atoms with Gasteiger partial charge < -0.3 is 10.4 Å². The van der Waals surface area contributed by atoms with Crippen LogP contribution < -0.4 is 5.32 Å². The van der Waals surface area contributed by atoms with Crippen LogP contribution in [0.2, 0.25) is 0 Å². The lowest BCUT2D eigenvalue weighted by molar-refractivity contribution is -0.134. The lowest BCUT2D eigenvalue weighted by atomic mass is 9.85. The van der Waals surface area contributed by atoms with Crippen LogP contribution in [0.1, 0.15) is 38.5 Å². The van der Waals surface area contributed by atoms with Gasteiger partial charge in [-0.15, -0.1) is 0 Å². The summed E-state index contributed by atoms with van der Waals surface area (Å²) in [5.41, 5.74) is -0.774. The van der Waals surface area contributed by atoms with Crippen molar-refractivity contribution in [3.05, 3.63) is 0 Å². The molecular formula is C10H18F3NO. The van der Waals surface area contributed by atoms with Gasteiger partial charge in [0.25, 0.3) is 0 Å². The lowest BCUT2D eigenvalue weighted by Crippen LogP contribution is -2.42. The first-order chi connectivity index (χ1) is 6.91. The molecule has 2 N–H and O–H groups in total. The van der Waals surface area contributed by atoms with E-state index in [1.54, 1.807) is 0 Å². The molecular weight excluding hydrogens is 207 g/mol. The number of alkyl halides is 3. The van der Waals surface area contributed by atoms with E-state index in [2.05, 4.69) is 5.32 Å². The van der Waals surface area contributed by atoms with Gasteiger partial charge in [-0.1, -0.05) is 19.3 Å². The Morgan fingerprint density at radius 1 is 1.13 bits per heavy atom. The summed E-state index contributed by atoms with van der Waals surface area (Å²) in [5, 5.41) is 12.6. The van der Waals surface area contributed by atoms with Crippen LogP contribution in [0.5, 0.6) is 0 Å². The summed E-state index contributed by atoms with van der Waals surface area (Å²) in [5.74, 6) is 0. The molecule has 0 spiro atoms. The molecule has 1 rings (SSSR count). The molecule has 1 saturated carbocycles. The van der Waals surface area contributed by atoms with Gasteiger partial charge in [-0.25, -0.2) is 0 Å². The third kappa shape index (κ3) is 5.37. The third-order valence-electron chi connectivity index (χ3n) is 2.82. The second-order valence-electron chi connectivity index (χ2n) is 4.33. The van der Waals surface area contributed by atoms with Gasteiger partial charge in [0, 0.05) is 13.1 Å². The van der Waals surface area contributed by atoms with E-state index < -0.39 is 18.2 Å². The van der Waals surface area contributed by atoms with Crippen molar-refractivity contribution in [2.45, 2.75) is 50.3 Å². The third-order valence-corrected chi connectivity index (χ3v) is 2.82. The van der Waals surface area contributed by atoms with Gasteiger partial charge in [0.2, 0.25) is 0 Å². The van der Waals surface area contributed by atoms with Crippen LogP contribution in [0.4, 0.5) is 13.2 Å². The molecule has 1 aliphatic carbocycles. The maximum atomic E-state index is 11.8. The molecule has 0 aliphatic heterocycles. The molecule has 5 heteroatoms. The summed E-state index contributed by atoms with van der Waals surface area (Å²) >= 11 is 0. The second kappa shape index (κ2) is 5.16. The van der Waals surface area contributed by atoms with Crippen molar-refractivity contribution in [2.24, 2.45) is 0 Å². The van der Waals surface area contributed by atoms with Gasteiger partial charge in [0.15, 0.2) is 0 Å². The Balaban J connectivity index is 2.13. The molecule has 0 aromatic carbocycles. The number of rotatable bonds is 4. The largest absolute Gasteiger partial charge is 0.390 e. The number of halogens is 3. The monoisotopic (exact) mass is 225 g/mol. The normalized spacial score (nSPS) is 21.6. The van der Waals surface area contributed by atoms with Crippen LogP contribution in [0.15, 0.2) is 0 Å². The molecule has 0 saturated heterocycles. The van der Waals surface area contributed by atoms with E-state index >= 15 is 0 Å². The Bertz CT molecular complexity index is 188. The van der Waals surface area contributed by atoms with Crippen molar-refractivity contribution in [1.29, 1.82) is 0 Å². The van der Waals surface area contributed by atoms with E-state index in [0.29, 0.717) is 12.8 Å². The fourth-order valence-corrected chi connectivity index (χ4v) is 1.94.